The standard InChI is InChI=1S/C8H8N4S2/c9-7-8(12-2-1-11-7)14-5-6-10-3-4-13-6/h1-4H,5H2,(H2,9,11). The van der Waals surface area contributed by atoms with E-state index in [4.69, 9.17) is 5.73 Å². The first-order chi connectivity index (χ1) is 6.86. The van der Waals surface area contributed by atoms with E-state index in [1.54, 1.807) is 41.7 Å². The Kier molecular flexibility index (Phi) is 2.95. The molecule has 0 saturated heterocycles. The molecule has 4 nitrogen and oxygen atoms in total. The zero-order chi connectivity index (χ0) is 9.80. The lowest BCUT2D eigenvalue weighted by atomic mass is 10.7. The third-order valence-electron chi connectivity index (χ3n) is 1.51. The maximum Gasteiger partial charge on any atom is 0.156 e. The minimum absolute atomic E-state index is 0.481. The molecule has 0 saturated carbocycles. The number of nitrogen functional groups attached to an aromatic ring is 1. The summed E-state index contributed by atoms with van der Waals surface area (Å²) < 4.78 is 0. The fourth-order valence-corrected chi connectivity index (χ4v) is 2.42. The number of hydrogen-bond acceptors (Lipinski definition) is 6. The number of aromatic nitrogens is 3. The highest BCUT2D eigenvalue weighted by Crippen LogP contribution is 2.24. The van der Waals surface area contributed by atoms with E-state index in [9.17, 15) is 0 Å². The number of nitrogens with zero attached hydrogens (tertiary/aromatic N) is 3. The van der Waals surface area contributed by atoms with E-state index in [1.165, 1.54) is 0 Å². The van der Waals surface area contributed by atoms with Crippen molar-refractivity contribution in [2.75, 3.05) is 5.73 Å². The van der Waals surface area contributed by atoms with E-state index < -0.39 is 0 Å². The molecular weight excluding hydrogens is 216 g/mol. The normalized spacial score (nSPS) is 10.3. The lowest BCUT2D eigenvalue weighted by molar-refractivity contribution is 1.07. The highest BCUT2D eigenvalue weighted by Gasteiger charge is 2.03. The first kappa shape index (κ1) is 9.42. The summed E-state index contributed by atoms with van der Waals surface area (Å²) in [5.74, 6) is 1.27. The Morgan fingerprint density at radius 1 is 1.21 bits per heavy atom. The van der Waals surface area contributed by atoms with E-state index in [1.807, 2.05) is 5.38 Å². The Bertz CT molecular complexity index is 401. The van der Waals surface area contributed by atoms with Crippen LogP contribution >= 0.6 is 23.1 Å². The van der Waals surface area contributed by atoms with Gasteiger partial charge in [0.05, 0.1) is 5.75 Å². The van der Waals surface area contributed by atoms with Crippen molar-refractivity contribution in [1.29, 1.82) is 0 Å². The average Bonchev–Trinajstić information content (AvgIpc) is 2.69. The number of thioether (sulfide) groups is 1. The highest BCUT2D eigenvalue weighted by molar-refractivity contribution is 7.98. The third-order valence-corrected chi connectivity index (χ3v) is 3.48. The number of hydrogen-bond donors (Lipinski definition) is 1. The van der Waals surface area contributed by atoms with Crippen LogP contribution in [0.2, 0.25) is 0 Å². The van der Waals surface area contributed by atoms with Crippen molar-refractivity contribution in [2.45, 2.75) is 10.8 Å². The summed E-state index contributed by atoms with van der Waals surface area (Å²) in [5, 5.41) is 3.79. The Labute approximate surface area is 89.6 Å². The zero-order valence-electron chi connectivity index (χ0n) is 7.25. The fraction of sp³-hybridized carbons (Fsp3) is 0.125. The van der Waals surface area contributed by atoms with E-state index in [2.05, 4.69) is 15.0 Å². The molecule has 0 radical (unpaired) electrons. The van der Waals surface area contributed by atoms with Crippen LogP contribution in [-0.4, -0.2) is 15.0 Å². The van der Waals surface area contributed by atoms with Crippen molar-refractivity contribution in [2.24, 2.45) is 0 Å². The first-order valence-electron chi connectivity index (χ1n) is 3.94. The van der Waals surface area contributed by atoms with Crippen LogP contribution in [0.3, 0.4) is 0 Å². The molecule has 2 aromatic heterocycles. The SMILES string of the molecule is Nc1nccnc1SCc1nccs1. The quantitative estimate of drug-likeness (QED) is 0.805. The van der Waals surface area contributed by atoms with Crippen LogP contribution in [-0.2, 0) is 5.75 Å². The average molecular weight is 224 g/mol. The number of anilines is 1. The van der Waals surface area contributed by atoms with Crippen molar-refractivity contribution >= 4 is 28.9 Å². The van der Waals surface area contributed by atoms with Gasteiger partial charge in [-0.05, 0) is 0 Å². The Morgan fingerprint density at radius 3 is 2.79 bits per heavy atom. The first-order valence-corrected chi connectivity index (χ1v) is 5.80. The van der Waals surface area contributed by atoms with Gasteiger partial charge in [-0.2, -0.15) is 0 Å². The maximum absolute atomic E-state index is 5.65. The summed E-state index contributed by atoms with van der Waals surface area (Å²) in [6.45, 7) is 0. The van der Waals surface area contributed by atoms with E-state index in [-0.39, 0.29) is 0 Å². The molecule has 0 unspecified atom stereocenters. The van der Waals surface area contributed by atoms with E-state index in [0.717, 1.165) is 15.8 Å². The monoisotopic (exact) mass is 224 g/mol. The summed E-state index contributed by atoms with van der Waals surface area (Å²) >= 11 is 3.18. The molecule has 2 rings (SSSR count). The summed E-state index contributed by atoms with van der Waals surface area (Å²) in [4.78, 5) is 12.3. The van der Waals surface area contributed by atoms with Gasteiger partial charge in [-0.3, -0.25) is 0 Å². The smallest absolute Gasteiger partial charge is 0.156 e. The fourth-order valence-electron chi connectivity index (χ4n) is 0.902. The molecule has 0 spiro atoms. The summed E-state index contributed by atoms with van der Waals surface area (Å²) in [5.41, 5.74) is 5.65. The topological polar surface area (TPSA) is 64.7 Å². The second kappa shape index (κ2) is 4.39. The van der Waals surface area contributed by atoms with E-state index in [0.29, 0.717) is 5.82 Å². The number of thiazole rings is 1. The van der Waals surface area contributed by atoms with Crippen LogP contribution in [0, 0.1) is 0 Å². The predicted octanol–water partition coefficient (Wildman–Crippen LogP) is 1.81. The van der Waals surface area contributed by atoms with Crippen molar-refractivity contribution in [3.05, 3.63) is 29.0 Å². The van der Waals surface area contributed by atoms with Crippen LogP contribution in [0.25, 0.3) is 0 Å². The molecular formula is C8H8N4S2. The zero-order valence-corrected chi connectivity index (χ0v) is 8.88. The molecule has 0 atom stereocenters. The predicted molar refractivity (Wildman–Crippen MR) is 58.1 cm³/mol. The molecule has 0 fully saturated rings. The molecule has 6 heteroatoms. The Morgan fingerprint density at radius 2 is 2.07 bits per heavy atom. The van der Waals surface area contributed by atoms with Gasteiger partial charge in [0.25, 0.3) is 0 Å². The van der Waals surface area contributed by atoms with E-state index >= 15 is 0 Å². The summed E-state index contributed by atoms with van der Waals surface area (Å²) in [7, 11) is 0. The van der Waals surface area contributed by atoms with Crippen molar-refractivity contribution in [3.63, 3.8) is 0 Å². The molecule has 0 bridgehead atoms. The van der Waals surface area contributed by atoms with Gasteiger partial charge in [-0.15, -0.1) is 11.3 Å². The molecule has 0 aromatic carbocycles. The molecule has 72 valence electrons. The van der Waals surface area contributed by atoms with Gasteiger partial charge in [-0.25, -0.2) is 15.0 Å². The van der Waals surface area contributed by atoms with Gasteiger partial charge < -0.3 is 5.73 Å². The largest absolute Gasteiger partial charge is 0.381 e. The molecule has 0 aliphatic carbocycles. The molecule has 2 aromatic rings. The second-order valence-corrected chi connectivity index (χ2v) is 4.40. The van der Waals surface area contributed by atoms with Gasteiger partial charge in [0.1, 0.15) is 10.0 Å². The van der Waals surface area contributed by atoms with Crippen molar-refractivity contribution in [3.8, 4) is 0 Å². The van der Waals surface area contributed by atoms with Crippen LogP contribution < -0.4 is 5.73 Å². The molecule has 0 aliphatic heterocycles. The molecule has 0 aliphatic rings. The Hall–Kier alpha value is -1.14. The molecule has 14 heavy (non-hydrogen) atoms. The lowest BCUT2D eigenvalue weighted by Gasteiger charge is -2.00. The molecule has 2 heterocycles. The van der Waals surface area contributed by atoms with Crippen LogP contribution in [0.5, 0.6) is 0 Å². The maximum atomic E-state index is 5.65. The van der Waals surface area contributed by atoms with Gasteiger partial charge in [-0.1, -0.05) is 11.8 Å². The second-order valence-electron chi connectivity index (χ2n) is 2.46. The highest BCUT2D eigenvalue weighted by atomic mass is 32.2. The van der Waals surface area contributed by atoms with Gasteiger partial charge in [0, 0.05) is 24.0 Å². The lowest BCUT2D eigenvalue weighted by Crippen LogP contribution is -1.94. The van der Waals surface area contributed by atoms with Crippen LogP contribution in [0.1, 0.15) is 5.01 Å². The van der Waals surface area contributed by atoms with Gasteiger partial charge >= 0.3 is 0 Å². The van der Waals surface area contributed by atoms with Gasteiger partial charge in [0.2, 0.25) is 0 Å². The third kappa shape index (κ3) is 2.21. The van der Waals surface area contributed by atoms with Crippen LogP contribution in [0.15, 0.2) is 29.0 Å². The number of rotatable bonds is 3. The molecule has 0 amide bonds. The Balaban J connectivity index is 2.02. The van der Waals surface area contributed by atoms with Gasteiger partial charge in [0.15, 0.2) is 5.82 Å². The minimum Gasteiger partial charge on any atom is -0.381 e. The number of nitrogens with two attached hydrogens (primary N) is 1. The summed E-state index contributed by atoms with van der Waals surface area (Å²) in [6.07, 6.45) is 5.02. The van der Waals surface area contributed by atoms with Crippen molar-refractivity contribution in [1.82, 2.24) is 15.0 Å². The van der Waals surface area contributed by atoms with Crippen molar-refractivity contribution < 1.29 is 0 Å². The molecule has 2 N–H and O–H groups in total. The minimum atomic E-state index is 0.481. The van der Waals surface area contributed by atoms with Crippen LogP contribution in [0.4, 0.5) is 5.82 Å². The summed E-state index contributed by atoms with van der Waals surface area (Å²) in [6, 6.07) is 0.